The highest BCUT2D eigenvalue weighted by Gasteiger charge is 2.16. The van der Waals surface area contributed by atoms with Crippen molar-refractivity contribution in [1.82, 2.24) is 9.13 Å². The molecular weight excluding hydrogens is 556 g/mol. The van der Waals surface area contributed by atoms with E-state index in [1.807, 2.05) is 0 Å². The second-order valence-electron chi connectivity index (χ2n) is 12.4. The zero-order valence-electron chi connectivity index (χ0n) is 25.5. The van der Waals surface area contributed by atoms with E-state index in [0.717, 1.165) is 6.54 Å². The van der Waals surface area contributed by atoms with Crippen molar-refractivity contribution in [2.24, 2.45) is 0 Å². The lowest BCUT2D eigenvalue weighted by atomic mass is 9.91. The number of rotatable bonds is 3. The maximum absolute atomic E-state index is 2.45. The lowest BCUT2D eigenvalue weighted by Crippen LogP contribution is -1.94. The first-order chi connectivity index (χ1) is 22.8. The van der Waals surface area contributed by atoms with Crippen LogP contribution in [0.4, 0.5) is 0 Å². The van der Waals surface area contributed by atoms with Gasteiger partial charge in [0.15, 0.2) is 0 Å². The maximum Gasteiger partial charge on any atom is 0.0541 e. The topological polar surface area (TPSA) is 9.86 Å². The van der Waals surface area contributed by atoms with Gasteiger partial charge in [0.05, 0.1) is 11.0 Å². The molecule has 0 saturated heterocycles. The van der Waals surface area contributed by atoms with E-state index in [-0.39, 0.29) is 0 Å². The minimum atomic E-state index is 0.943. The van der Waals surface area contributed by atoms with Crippen LogP contribution in [0.25, 0.3) is 92.7 Å². The van der Waals surface area contributed by atoms with E-state index in [4.69, 9.17) is 0 Å². The number of hydrogen-bond donors (Lipinski definition) is 0. The summed E-state index contributed by atoms with van der Waals surface area (Å²) in [5.41, 5.74) is 8.68. The molecule has 0 bridgehead atoms. The highest BCUT2D eigenvalue weighted by Crippen LogP contribution is 2.41. The van der Waals surface area contributed by atoms with E-state index in [0.29, 0.717) is 0 Å². The van der Waals surface area contributed by atoms with Gasteiger partial charge in [0.25, 0.3) is 0 Å². The fraction of sp³-hybridized carbons (Fsp3) is 0.0455. The first kappa shape index (κ1) is 25.5. The maximum atomic E-state index is 2.45. The Kier molecular flexibility index (Phi) is 5.30. The van der Waals surface area contributed by atoms with Crippen LogP contribution in [0.1, 0.15) is 6.92 Å². The first-order valence-electron chi connectivity index (χ1n) is 16.2. The largest absolute Gasteiger partial charge is 0.341 e. The fourth-order valence-electron chi connectivity index (χ4n) is 8.04. The molecule has 0 spiro atoms. The number of benzene rings is 8. The Balaban J connectivity index is 1.23. The number of para-hydroxylation sites is 3. The predicted octanol–water partition coefficient (Wildman–Crippen LogP) is 12.0. The van der Waals surface area contributed by atoms with Crippen molar-refractivity contribution in [3.63, 3.8) is 0 Å². The average molecular weight is 587 g/mol. The Morgan fingerprint density at radius 2 is 0.870 bits per heavy atom. The zero-order valence-corrected chi connectivity index (χ0v) is 25.5. The van der Waals surface area contributed by atoms with Gasteiger partial charge in [-0.1, -0.05) is 103 Å². The van der Waals surface area contributed by atoms with Gasteiger partial charge in [-0.05, 0) is 98.9 Å². The summed E-state index contributed by atoms with van der Waals surface area (Å²) in [6, 6.07) is 56.1. The zero-order chi connectivity index (χ0) is 30.4. The van der Waals surface area contributed by atoms with Crippen LogP contribution in [-0.2, 0) is 6.54 Å². The smallest absolute Gasteiger partial charge is 0.0541 e. The van der Waals surface area contributed by atoms with Crippen molar-refractivity contribution in [3.05, 3.63) is 152 Å². The molecule has 216 valence electrons. The Morgan fingerprint density at radius 3 is 1.54 bits per heavy atom. The number of fused-ring (bicyclic) bond motifs is 12. The van der Waals surface area contributed by atoms with Crippen LogP contribution in [0.3, 0.4) is 0 Å². The molecule has 2 aromatic heterocycles. The molecule has 2 heteroatoms. The average Bonchev–Trinajstić information content (AvgIpc) is 3.63. The van der Waals surface area contributed by atoms with E-state index in [2.05, 4.69) is 168 Å². The molecule has 0 aliphatic carbocycles. The van der Waals surface area contributed by atoms with Gasteiger partial charge in [0.2, 0.25) is 0 Å². The number of aryl methyl sites for hydroxylation is 1. The Morgan fingerprint density at radius 1 is 0.348 bits per heavy atom. The van der Waals surface area contributed by atoms with E-state index in [1.165, 1.54) is 92.7 Å². The van der Waals surface area contributed by atoms with Crippen LogP contribution in [0, 0.1) is 0 Å². The third kappa shape index (κ3) is 3.47. The Bertz CT molecular complexity index is 2790. The summed E-state index contributed by atoms with van der Waals surface area (Å²) >= 11 is 0. The van der Waals surface area contributed by atoms with Gasteiger partial charge in [0, 0.05) is 44.8 Å². The predicted molar refractivity (Wildman–Crippen MR) is 197 cm³/mol. The molecule has 2 nitrogen and oxygen atoms in total. The van der Waals surface area contributed by atoms with Crippen molar-refractivity contribution < 1.29 is 0 Å². The van der Waals surface area contributed by atoms with Crippen molar-refractivity contribution in [2.45, 2.75) is 13.5 Å². The molecule has 2 heterocycles. The van der Waals surface area contributed by atoms with E-state index in [9.17, 15) is 0 Å². The summed E-state index contributed by atoms with van der Waals surface area (Å²) in [5.74, 6) is 0. The highest BCUT2D eigenvalue weighted by molar-refractivity contribution is 6.29. The molecule has 0 unspecified atom stereocenters. The third-order valence-corrected chi connectivity index (χ3v) is 10.1. The highest BCUT2D eigenvalue weighted by atomic mass is 15.0. The van der Waals surface area contributed by atoms with Crippen LogP contribution in [-0.4, -0.2) is 9.13 Å². The lowest BCUT2D eigenvalue weighted by Gasteiger charge is -2.14. The van der Waals surface area contributed by atoms with Crippen molar-refractivity contribution in [2.75, 3.05) is 0 Å². The van der Waals surface area contributed by atoms with E-state index >= 15 is 0 Å². The second kappa shape index (κ2) is 9.57. The molecule has 8 aromatic carbocycles. The molecule has 10 rings (SSSR count). The molecular formula is C44H30N2. The third-order valence-electron chi connectivity index (χ3n) is 10.1. The lowest BCUT2D eigenvalue weighted by molar-refractivity contribution is 0.827. The first-order valence-corrected chi connectivity index (χ1v) is 16.2. The van der Waals surface area contributed by atoms with Crippen LogP contribution in [0.5, 0.6) is 0 Å². The Hall–Kier alpha value is -5.86. The van der Waals surface area contributed by atoms with Gasteiger partial charge >= 0.3 is 0 Å². The number of hydrogen-bond acceptors (Lipinski definition) is 0. The quantitative estimate of drug-likeness (QED) is 0.182. The second-order valence-corrected chi connectivity index (χ2v) is 12.4. The van der Waals surface area contributed by atoms with Gasteiger partial charge in [-0.25, -0.2) is 0 Å². The van der Waals surface area contributed by atoms with E-state index in [1.54, 1.807) is 0 Å². The normalized spacial score (nSPS) is 12.1. The minimum Gasteiger partial charge on any atom is -0.341 e. The van der Waals surface area contributed by atoms with Gasteiger partial charge in [-0.3, -0.25) is 0 Å². The number of aromatic nitrogens is 2. The van der Waals surface area contributed by atoms with Crippen LogP contribution in [0.2, 0.25) is 0 Å². The molecule has 0 radical (unpaired) electrons. The van der Waals surface area contributed by atoms with Gasteiger partial charge < -0.3 is 9.13 Å². The summed E-state index contributed by atoms with van der Waals surface area (Å²) in [6.45, 7) is 3.18. The van der Waals surface area contributed by atoms with Crippen molar-refractivity contribution >= 4 is 75.9 Å². The molecule has 10 aromatic rings. The summed E-state index contributed by atoms with van der Waals surface area (Å²) in [4.78, 5) is 0. The number of nitrogens with zero attached hydrogens (tertiary/aromatic N) is 2. The molecule has 0 N–H and O–H groups in total. The fourth-order valence-corrected chi connectivity index (χ4v) is 8.04. The van der Waals surface area contributed by atoms with Crippen molar-refractivity contribution in [1.29, 1.82) is 0 Å². The molecule has 0 fully saturated rings. The molecule has 0 aliphatic heterocycles. The van der Waals surface area contributed by atoms with Crippen molar-refractivity contribution in [3.8, 4) is 16.8 Å². The molecule has 0 saturated carbocycles. The van der Waals surface area contributed by atoms with Gasteiger partial charge in [-0.2, -0.15) is 0 Å². The summed E-state index contributed by atoms with van der Waals surface area (Å²) in [6.07, 6.45) is 0. The summed E-state index contributed by atoms with van der Waals surface area (Å²) in [7, 11) is 0. The molecule has 0 aliphatic rings. The summed E-state index contributed by atoms with van der Waals surface area (Å²) in [5, 5.41) is 13.0. The van der Waals surface area contributed by atoms with Crippen LogP contribution >= 0.6 is 0 Å². The van der Waals surface area contributed by atoms with E-state index < -0.39 is 0 Å². The standard InChI is InChI=1S/C44H30N2/c1-2-45-41-19-8-5-18-36(41)40-26-38-33-23-22-29(25-37(33)31-14-3-4-15-32(31)39(38)27-44(40)45)28-12-11-13-30(24-28)46-42-20-9-6-16-34(42)35-17-7-10-21-43(35)46/h3-27H,2H2,1H3. The van der Waals surface area contributed by atoms with Crippen LogP contribution in [0.15, 0.2) is 152 Å². The molecule has 0 amide bonds. The van der Waals surface area contributed by atoms with Crippen LogP contribution < -0.4 is 0 Å². The van der Waals surface area contributed by atoms with Gasteiger partial charge in [0.1, 0.15) is 0 Å². The van der Waals surface area contributed by atoms with Gasteiger partial charge in [-0.15, -0.1) is 0 Å². The molecule has 46 heavy (non-hydrogen) atoms. The monoisotopic (exact) mass is 586 g/mol. The summed E-state index contributed by atoms with van der Waals surface area (Å²) < 4.78 is 4.85. The SMILES string of the molecule is CCn1c2ccccc2c2cc3c4ccc(-c5cccc(-n6c7ccccc7c7ccccc76)c5)cc4c4ccccc4c3cc21. The molecule has 0 atom stereocenters. The minimum absolute atomic E-state index is 0.943. The Labute approximate surface area is 266 Å².